The Morgan fingerprint density at radius 2 is 1.37 bits per heavy atom. The second-order valence-corrected chi connectivity index (χ2v) is 6.13. The highest BCUT2D eigenvalue weighted by molar-refractivity contribution is 6.14. The van der Waals surface area contributed by atoms with Crippen molar-refractivity contribution >= 4 is 27.9 Å². The Labute approximate surface area is 156 Å². The van der Waals surface area contributed by atoms with E-state index in [-0.39, 0.29) is 10.6 Å². The third kappa shape index (κ3) is 3.46. The van der Waals surface area contributed by atoms with Crippen LogP contribution in [0.25, 0.3) is 10.8 Å². The fraction of sp³-hybridized carbons (Fsp3) is 0. The minimum Gasteiger partial charge on any atom is -0.258 e. The highest BCUT2D eigenvalue weighted by Gasteiger charge is 2.12. The maximum atomic E-state index is 11.2. The van der Waals surface area contributed by atoms with E-state index < -0.39 is 0 Å². The summed E-state index contributed by atoms with van der Waals surface area (Å²) in [6.07, 6.45) is 0. The summed E-state index contributed by atoms with van der Waals surface area (Å²) in [5, 5.41) is 12.6. The van der Waals surface area contributed by atoms with Crippen molar-refractivity contribution in [2.24, 2.45) is 4.99 Å². The number of hydrogen-bond acceptors (Lipinski definition) is 3. The molecule has 0 bridgehead atoms. The molecule has 4 aromatic carbocycles. The molecule has 4 rings (SSSR count). The molecule has 4 heteroatoms. The lowest BCUT2D eigenvalue weighted by Crippen LogP contribution is -2.02. The van der Waals surface area contributed by atoms with E-state index in [1.54, 1.807) is 12.1 Å². The first kappa shape index (κ1) is 16.7. The number of aliphatic imine (C=N–C) groups is 1. The third-order valence-corrected chi connectivity index (χ3v) is 4.37. The first-order valence-corrected chi connectivity index (χ1v) is 8.59. The summed E-state index contributed by atoms with van der Waals surface area (Å²) < 4.78 is 0. The number of non-ortho nitro benzene ring substituents is 1. The summed E-state index contributed by atoms with van der Waals surface area (Å²) in [6.45, 7) is 0. The van der Waals surface area contributed by atoms with Gasteiger partial charge in [-0.05, 0) is 23.6 Å². The number of rotatable bonds is 4. The molecule has 0 aliphatic rings. The molecule has 0 N–H and O–H groups in total. The van der Waals surface area contributed by atoms with Crippen LogP contribution >= 0.6 is 0 Å². The number of nitro groups is 1. The predicted molar refractivity (Wildman–Crippen MR) is 109 cm³/mol. The van der Waals surface area contributed by atoms with E-state index in [2.05, 4.69) is 0 Å². The fourth-order valence-corrected chi connectivity index (χ4v) is 3.10. The lowest BCUT2D eigenvalue weighted by Gasteiger charge is -2.08. The van der Waals surface area contributed by atoms with Gasteiger partial charge < -0.3 is 0 Å². The van der Waals surface area contributed by atoms with Crippen molar-refractivity contribution in [2.75, 3.05) is 0 Å². The van der Waals surface area contributed by atoms with Crippen molar-refractivity contribution in [1.82, 2.24) is 0 Å². The fourth-order valence-electron chi connectivity index (χ4n) is 3.10. The molecular formula is C23H16N2O2. The van der Waals surface area contributed by atoms with E-state index >= 15 is 0 Å². The number of benzene rings is 4. The first-order valence-electron chi connectivity index (χ1n) is 8.59. The third-order valence-electron chi connectivity index (χ3n) is 4.37. The molecule has 0 saturated heterocycles. The van der Waals surface area contributed by atoms with Crippen LogP contribution in [0.2, 0.25) is 0 Å². The minimum atomic E-state index is -0.357. The molecule has 0 radical (unpaired) electrons. The molecule has 0 spiro atoms. The van der Waals surface area contributed by atoms with Gasteiger partial charge in [0.15, 0.2) is 0 Å². The lowest BCUT2D eigenvalue weighted by molar-refractivity contribution is -0.383. The Kier molecular flexibility index (Phi) is 4.45. The van der Waals surface area contributed by atoms with Crippen molar-refractivity contribution in [3.05, 3.63) is 118 Å². The topological polar surface area (TPSA) is 55.5 Å². The van der Waals surface area contributed by atoms with Crippen LogP contribution in [0.4, 0.5) is 11.4 Å². The van der Waals surface area contributed by atoms with Crippen molar-refractivity contribution in [3.8, 4) is 0 Å². The van der Waals surface area contributed by atoms with E-state index in [1.807, 2.05) is 78.9 Å². The van der Waals surface area contributed by atoms with Gasteiger partial charge in [0.2, 0.25) is 0 Å². The number of nitrogens with zero attached hydrogens (tertiary/aromatic N) is 2. The largest absolute Gasteiger partial charge is 0.277 e. The Hall–Kier alpha value is -3.79. The van der Waals surface area contributed by atoms with Crippen molar-refractivity contribution < 1.29 is 4.92 Å². The Morgan fingerprint density at radius 1 is 0.741 bits per heavy atom. The Bertz CT molecular complexity index is 1100. The Morgan fingerprint density at radius 3 is 1.96 bits per heavy atom. The van der Waals surface area contributed by atoms with E-state index in [9.17, 15) is 10.1 Å². The molecule has 0 aromatic heterocycles. The summed E-state index contributed by atoms with van der Waals surface area (Å²) in [4.78, 5) is 15.7. The van der Waals surface area contributed by atoms with Crippen LogP contribution in [-0.4, -0.2) is 10.6 Å². The van der Waals surface area contributed by atoms with Gasteiger partial charge in [0.1, 0.15) is 0 Å². The van der Waals surface area contributed by atoms with Gasteiger partial charge in [-0.15, -0.1) is 0 Å². The summed E-state index contributed by atoms with van der Waals surface area (Å²) in [6, 6.07) is 30.5. The lowest BCUT2D eigenvalue weighted by atomic mass is 10.0. The standard InChI is InChI=1S/C23H16N2O2/c26-25(27)22-13-7-12-19-16-20(14-15-21(19)22)24-23(17-8-3-1-4-9-17)18-10-5-2-6-11-18/h1-16H. The number of hydrogen-bond donors (Lipinski definition) is 0. The molecule has 0 aliphatic carbocycles. The molecule has 0 amide bonds. The molecule has 27 heavy (non-hydrogen) atoms. The number of nitro benzene ring substituents is 1. The molecule has 4 aromatic rings. The molecule has 0 aliphatic heterocycles. The molecule has 0 unspecified atom stereocenters. The molecular weight excluding hydrogens is 336 g/mol. The summed E-state index contributed by atoms with van der Waals surface area (Å²) in [5.41, 5.74) is 3.76. The van der Waals surface area contributed by atoms with E-state index in [0.29, 0.717) is 5.39 Å². The molecule has 130 valence electrons. The van der Waals surface area contributed by atoms with Crippen LogP contribution in [-0.2, 0) is 0 Å². The zero-order valence-corrected chi connectivity index (χ0v) is 14.4. The average molecular weight is 352 g/mol. The maximum Gasteiger partial charge on any atom is 0.277 e. The molecule has 0 atom stereocenters. The highest BCUT2D eigenvalue weighted by Crippen LogP contribution is 2.29. The zero-order chi connectivity index (χ0) is 18.6. The van der Waals surface area contributed by atoms with Gasteiger partial charge in [0.05, 0.1) is 21.7 Å². The quantitative estimate of drug-likeness (QED) is 0.260. The predicted octanol–water partition coefficient (Wildman–Crippen LogP) is 5.92. The summed E-state index contributed by atoms with van der Waals surface area (Å²) in [5.74, 6) is 0. The first-order chi connectivity index (χ1) is 13.2. The molecule has 0 fully saturated rings. The maximum absolute atomic E-state index is 11.2. The van der Waals surface area contributed by atoms with Gasteiger partial charge in [-0.2, -0.15) is 0 Å². The normalized spacial score (nSPS) is 10.5. The SMILES string of the molecule is O=[N+]([O-])c1cccc2cc(N=C(c3ccccc3)c3ccccc3)ccc12. The monoisotopic (exact) mass is 352 g/mol. The van der Waals surface area contributed by atoms with Crippen LogP contribution in [0.1, 0.15) is 11.1 Å². The highest BCUT2D eigenvalue weighted by atomic mass is 16.6. The smallest absolute Gasteiger partial charge is 0.258 e. The Balaban J connectivity index is 1.87. The van der Waals surface area contributed by atoms with Gasteiger partial charge in [-0.3, -0.25) is 10.1 Å². The summed E-state index contributed by atoms with van der Waals surface area (Å²) >= 11 is 0. The van der Waals surface area contributed by atoms with Crippen molar-refractivity contribution in [3.63, 3.8) is 0 Å². The van der Waals surface area contributed by atoms with Gasteiger partial charge in [0, 0.05) is 17.2 Å². The molecule has 4 nitrogen and oxygen atoms in total. The van der Waals surface area contributed by atoms with Gasteiger partial charge in [-0.25, -0.2) is 4.99 Å². The molecule has 0 heterocycles. The van der Waals surface area contributed by atoms with Crippen LogP contribution in [0.3, 0.4) is 0 Å². The van der Waals surface area contributed by atoms with Crippen LogP contribution in [0, 0.1) is 10.1 Å². The van der Waals surface area contributed by atoms with Crippen LogP contribution < -0.4 is 0 Å². The summed E-state index contributed by atoms with van der Waals surface area (Å²) in [7, 11) is 0. The average Bonchev–Trinajstić information content (AvgIpc) is 2.72. The second kappa shape index (κ2) is 7.22. The van der Waals surface area contributed by atoms with E-state index in [0.717, 1.165) is 27.9 Å². The van der Waals surface area contributed by atoms with Crippen molar-refractivity contribution in [2.45, 2.75) is 0 Å². The number of fused-ring (bicyclic) bond motifs is 1. The zero-order valence-electron chi connectivity index (χ0n) is 14.4. The second-order valence-electron chi connectivity index (χ2n) is 6.13. The molecule has 0 saturated carbocycles. The van der Waals surface area contributed by atoms with E-state index in [1.165, 1.54) is 6.07 Å². The van der Waals surface area contributed by atoms with Gasteiger partial charge in [0.25, 0.3) is 5.69 Å². The van der Waals surface area contributed by atoms with Gasteiger partial charge in [-0.1, -0.05) is 72.8 Å². The minimum absolute atomic E-state index is 0.106. The van der Waals surface area contributed by atoms with Crippen LogP contribution in [0.15, 0.2) is 102 Å². The van der Waals surface area contributed by atoms with E-state index in [4.69, 9.17) is 4.99 Å². The van der Waals surface area contributed by atoms with Crippen LogP contribution in [0.5, 0.6) is 0 Å². The van der Waals surface area contributed by atoms with Gasteiger partial charge >= 0.3 is 0 Å². The van der Waals surface area contributed by atoms with Crippen molar-refractivity contribution in [1.29, 1.82) is 0 Å².